The second kappa shape index (κ2) is 5.40. The molecule has 3 aromatic heterocycles. The lowest BCUT2D eigenvalue weighted by Crippen LogP contribution is -2.28. The molecule has 0 spiro atoms. The molecule has 0 unspecified atom stereocenters. The first kappa shape index (κ1) is 14.8. The minimum atomic E-state index is -0.692. The number of aryl methyl sites for hydroxylation is 1. The van der Waals surface area contributed by atoms with E-state index in [1.165, 1.54) is 4.40 Å². The van der Waals surface area contributed by atoms with Gasteiger partial charge in [-0.3, -0.25) is 9.20 Å². The maximum absolute atomic E-state index is 14.4. The highest BCUT2D eigenvalue weighted by molar-refractivity contribution is 5.93. The Kier molecular flexibility index (Phi) is 3.33. The van der Waals surface area contributed by atoms with Crippen molar-refractivity contribution in [2.45, 2.75) is 38.6 Å². The van der Waals surface area contributed by atoms with E-state index in [1.54, 1.807) is 19.2 Å². The summed E-state index contributed by atoms with van der Waals surface area (Å²) in [4.78, 5) is 20.7. The van der Waals surface area contributed by atoms with E-state index in [0.717, 1.165) is 18.4 Å². The molecule has 1 saturated carbocycles. The van der Waals surface area contributed by atoms with Gasteiger partial charge in [-0.05, 0) is 38.3 Å². The minimum Gasteiger partial charge on any atom is -0.339 e. The van der Waals surface area contributed by atoms with Crippen LogP contribution in [0.3, 0.4) is 0 Å². The largest absolute Gasteiger partial charge is 0.339 e. The van der Waals surface area contributed by atoms with Crippen molar-refractivity contribution in [2.75, 3.05) is 0 Å². The van der Waals surface area contributed by atoms with Crippen molar-refractivity contribution in [1.29, 1.82) is 0 Å². The summed E-state index contributed by atoms with van der Waals surface area (Å²) in [5.74, 6) is 0.0328. The molecule has 3 aromatic rings. The SMILES string of the molecule is Cc1ccc2nc(C(=O)N[C@H](C)c3nc(C4CC4)no3)c(F)n2c1. The number of hydrogen-bond acceptors (Lipinski definition) is 5. The Bertz CT molecular complexity index is 928. The van der Waals surface area contributed by atoms with Crippen LogP contribution in [-0.2, 0) is 0 Å². The molecule has 1 N–H and O–H groups in total. The molecule has 0 saturated heterocycles. The Labute approximate surface area is 136 Å². The van der Waals surface area contributed by atoms with E-state index in [1.807, 2.05) is 13.0 Å². The van der Waals surface area contributed by atoms with Gasteiger partial charge in [0.2, 0.25) is 11.8 Å². The molecule has 1 aliphatic rings. The molecule has 0 aromatic carbocycles. The molecule has 124 valence electrons. The van der Waals surface area contributed by atoms with Crippen LogP contribution >= 0.6 is 0 Å². The summed E-state index contributed by atoms with van der Waals surface area (Å²) in [5.41, 5.74) is 0.997. The Balaban J connectivity index is 1.55. The number of fused-ring (bicyclic) bond motifs is 1. The van der Waals surface area contributed by atoms with Gasteiger partial charge in [0, 0.05) is 12.1 Å². The summed E-state index contributed by atoms with van der Waals surface area (Å²) in [7, 11) is 0. The zero-order valence-electron chi connectivity index (χ0n) is 13.3. The molecule has 1 amide bonds. The van der Waals surface area contributed by atoms with Gasteiger partial charge >= 0.3 is 0 Å². The summed E-state index contributed by atoms with van der Waals surface area (Å²) in [6.07, 6.45) is 3.72. The topological polar surface area (TPSA) is 85.3 Å². The fourth-order valence-electron chi connectivity index (χ4n) is 2.52. The number of pyridine rings is 1. The van der Waals surface area contributed by atoms with Gasteiger partial charge in [0.05, 0.1) is 0 Å². The number of hydrogen-bond donors (Lipinski definition) is 1. The van der Waals surface area contributed by atoms with Gasteiger partial charge in [0.15, 0.2) is 11.5 Å². The summed E-state index contributed by atoms with van der Waals surface area (Å²) in [6, 6.07) is 2.95. The Morgan fingerprint density at radius 3 is 2.96 bits per heavy atom. The second-order valence-corrected chi connectivity index (χ2v) is 6.15. The van der Waals surface area contributed by atoms with Gasteiger partial charge in [0.1, 0.15) is 11.7 Å². The molecule has 0 radical (unpaired) electrons. The van der Waals surface area contributed by atoms with Gasteiger partial charge in [-0.15, -0.1) is 0 Å². The fourth-order valence-corrected chi connectivity index (χ4v) is 2.52. The summed E-state index contributed by atoms with van der Waals surface area (Å²) in [6.45, 7) is 3.55. The molecular formula is C16H16FN5O2. The highest BCUT2D eigenvalue weighted by Gasteiger charge is 2.30. The number of aromatic nitrogens is 4. The van der Waals surface area contributed by atoms with E-state index in [0.29, 0.717) is 23.3 Å². The van der Waals surface area contributed by atoms with E-state index in [4.69, 9.17) is 4.52 Å². The van der Waals surface area contributed by atoms with Crippen LogP contribution in [-0.4, -0.2) is 25.4 Å². The minimum absolute atomic E-state index is 0.255. The van der Waals surface area contributed by atoms with Crippen molar-refractivity contribution >= 4 is 11.6 Å². The van der Waals surface area contributed by atoms with Crippen molar-refractivity contribution in [3.05, 3.63) is 47.2 Å². The zero-order valence-corrected chi connectivity index (χ0v) is 13.3. The van der Waals surface area contributed by atoms with Crippen molar-refractivity contribution in [2.24, 2.45) is 0 Å². The average molecular weight is 329 g/mol. The normalized spacial score (nSPS) is 15.6. The Morgan fingerprint density at radius 1 is 1.42 bits per heavy atom. The number of nitrogens with zero attached hydrogens (tertiary/aromatic N) is 4. The predicted octanol–water partition coefficient (Wildman–Crippen LogP) is 2.53. The lowest BCUT2D eigenvalue weighted by atomic mass is 10.3. The molecule has 1 aliphatic carbocycles. The molecule has 0 bridgehead atoms. The van der Waals surface area contributed by atoms with E-state index >= 15 is 0 Å². The maximum Gasteiger partial charge on any atom is 0.275 e. The van der Waals surface area contributed by atoms with Crippen LogP contribution in [0.25, 0.3) is 5.65 Å². The second-order valence-electron chi connectivity index (χ2n) is 6.15. The van der Waals surface area contributed by atoms with Crippen LogP contribution in [0.4, 0.5) is 4.39 Å². The molecule has 24 heavy (non-hydrogen) atoms. The molecule has 3 heterocycles. The number of carbonyl (C=O) groups is 1. The number of nitrogens with one attached hydrogen (secondary N) is 1. The van der Waals surface area contributed by atoms with Gasteiger partial charge in [-0.1, -0.05) is 11.2 Å². The van der Waals surface area contributed by atoms with Crippen LogP contribution in [0, 0.1) is 12.9 Å². The summed E-state index contributed by atoms with van der Waals surface area (Å²) >= 11 is 0. The number of amides is 1. The first-order valence-corrected chi connectivity index (χ1v) is 7.81. The predicted molar refractivity (Wildman–Crippen MR) is 82.0 cm³/mol. The molecule has 7 nitrogen and oxygen atoms in total. The smallest absolute Gasteiger partial charge is 0.275 e. The van der Waals surface area contributed by atoms with Gasteiger partial charge < -0.3 is 9.84 Å². The number of rotatable bonds is 4. The quantitative estimate of drug-likeness (QED) is 0.795. The van der Waals surface area contributed by atoms with Crippen molar-refractivity contribution in [3.63, 3.8) is 0 Å². The van der Waals surface area contributed by atoms with Gasteiger partial charge in [-0.25, -0.2) is 4.98 Å². The Morgan fingerprint density at radius 2 is 2.21 bits per heavy atom. The lowest BCUT2D eigenvalue weighted by molar-refractivity contribution is 0.0923. The first-order valence-electron chi connectivity index (χ1n) is 7.81. The van der Waals surface area contributed by atoms with Crippen molar-refractivity contribution in [1.82, 2.24) is 24.8 Å². The molecular weight excluding hydrogens is 313 g/mol. The van der Waals surface area contributed by atoms with E-state index in [2.05, 4.69) is 20.4 Å². The number of halogens is 1. The van der Waals surface area contributed by atoms with Gasteiger partial charge in [-0.2, -0.15) is 9.37 Å². The van der Waals surface area contributed by atoms with Crippen molar-refractivity contribution < 1.29 is 13.7 Å². The molecule has 4 rings (SSSR count). The standard InChI is InChI=1S/C16H16FN5O2/c1-8-3-6-11-19-12(13(17)22(11)7-8)15(23)18-9(2)16-20-14(21-24-16)10-4-5-10/h3,6-7,9-10H,4-5H2,1-2H3,(H,18,23)/t9-/m1/s1. The van der Waals surface area contributed by atoms with Crippen molar-refractivity contribution in [3.8, 4) is 0 Å². The summed E-state index contributed by atoms with van der Waals surface area (Å²) < 4.78 is 20.8. The fraction of sp³-hybridized carbons (Fsp3) is 0.375. The average Bonchev–Trinajstić information content (AvgIpc) is 3.19. The monoisotopic (exact) mass is 329 g/mol. The van der Waals surface area contributed by atoms with Crippen LogP contribution in [0.15, 0.2) is 22.9 Å². The van der Waals surface area contributed by atoms with E-state index < -0.39 is 17.9 Å². The van der Waals surface area contributed by atoms with Crippen LogP contribution in [0.5, 0.6) is 0 Å². The third-order valence-corrected chi connectivity index (χ3v) is 4.04. The maximum atomic E-state index is 14.4. The summed E-state index contributed by atoms with van der Waals surface area (Å²) in [5, 5.41) is 6.56. The zero-order chi connectivity index (χ0) is 16.8. The third-order valence-electron chi connectivity index (χ3n) is 4.04. The number of imidazole rings is 1. The van der Waals surface area contributed by atoms with Gasteiger partial charge in [0.25, 0.3) is 5.91 Å². The van der Waals surface area contributed by atoms with E-state index in [9.17, 15) is 9.18 Å². The molecule has 0 aliphatic heterocycles. The van der Waals surface area contributed by atoms with Crippen LogP contribution in [0.2, 0.25) is 0 Å². The molecule has 1 atom stereocenters. The highest BCUT2D eigenvalue weighted by Crippen LogP contribution is 2.38. The van der Waals surface area contributed by atoms with Crippen LogP contribution < -0.4 is 5.32 Å². The van der Waals surface area contributed by atoms with E-state index in [-0.39, 0.29) is 5.69 Å². The lowest BCUT2D eigenvalue weighted by Gasteiger charge is -2.07. The Hall–Kier alpha value is -2.77. The molecule has 1 fully saturated rings. The van der Waals surface area contributed by atoms with Crippen LogP contribution in [0.1, 0.15) is 59.5 Å². The number of carbonyl (C=O) groups excluding carboxylic acids is 1. The third kappa shape index (κ3) is 2.53. The first-order chi connectivity index (χ1) is 11.5. The highest BCUT2D eigenvalue weighted by atomic mass is 19.1. The molecule has 8 heteroatoms.